The molecule has 0 amide bonds. The van der Waals surface area contributed by atoms with Crippen LogP contribution in [0.3, 0.4) is 0 Å². The van der Waals surface area contributed by atoms with Crippen LogP contribution in [-0.4, -0.2) is 9.13 Å². The van der Waals surface area contributed by atoms with Crippen molar-refractivity contribution in [1.82, 2.24) is 9.13 Å². The van der Waals surface area contributed by atoms with Crippen LogP contribution in [-0.2, 0) is 12.8 Å². The zero-order valence-electron chi connectivity index (χ0n) is 35.2. The number of allylic oxidation sites excluding steroid dienone is 2. The molecule has 0 fully saturated rings. The number of nitrogens with two attached hydrogens (primary N) is 1. The Morgan fingerprint density at radius 3 is 1.95 bits per heavy atom. The zero-order valence-corrected chi connectivity index (χ0v) is 35.2. The van der Waals surface area contributed by atoms with Crippen molar-refractivity contribution in [3.63, 3.8) is 0 Å². The molecule has 0 bridgehead atoms. The van der Waals surface area contributed by atoms with Crippen molar-refractivity contribution >= 4 is 60.9 Å². The minimum absolute atomic E-state index is 0.200. The summed E-state index contributed by atoms with van der Waals surface area (Å²) in [4.78, 5) is 0. The van der Waals surface area contributed by atoms with E-state index in [1.807, 2.05) is 6.07 Å². The average molecular weight is 818 g/mol. The van der Waals surface area contributed by atoms with Gasteiger partial charge in [-0.15, -0.1) is 0 Å². The van der Waals surface area contributed by atoms with Gasteiger partial charge in [-0.2, -0.15) is 0 Å². The van der Waals surface area contributed by atoms with Gasteiger partial charge in [0.1, 0.15) is 0 Å². The number of hydrogen-bond donors (Lipinski definition) is 1. The molecule has 2 heterocycles. The van der Waals surface area contributed by atoms with Crippen LogP contribution in [0.15, 0.2) is 212 Å². The first kappa shape index (κ1) is 36.5. The summed E-state index contributed by atoms with van der Waals surface area (Å²) in [7, 11) is 0. The summed E-state index contributed by atoms with van der Waals surface area (Å²) < 4.78 is 4.98. The van der Waals surface area contributed by atoms with Crippen molar-refractivity contribution < 1.29 is 0 Å². The van der Waals surface area contributed by atoms with Gasteiger partial charge < -0.3 is 14.9 Å². The number of aromatic nitrogens is 2. The molecule has 64 heavy (non-hydrogen) atoms. The fourth-order valence-corrected chi connectivity index (χ4v) is 10.8. The molecule has 2 N–H and O–H groups in total. The van der Waals surface area contributed by atoms with Gasteiger partial charge in [0.25, 0.3) is 0 Å². The Kier molecular flexibility index (Phi) is 8.26. The van der Waals surface area contributed by atoms with E-state index in [0.717, 1.165) is 29.8 Å². The summed E-state index contributed by atoms with van der Waals surface area (Å²) in [6.07, 6.45) is 8.90. The third-order valence-electron chi connectivity index (χ3n) is 13.8. The van der Waals surface area contributed by atoms with Gasteiger partial charge in [0.15, 0.2) is 0 Å². The highest BCUT2D eigenvalue weighted by Crippen LogP contribution is 2.47. The third-order valence-corrected chi connectivity index (χ3v) is 13.8. The van der Waals surface area contributed by atoms with Gasteiger partial charge in [-0.3, -0.25) is 0 Å². The molecule has 0 aliphatic heterocycles. The molecular weight excluding hydrogens is 775 g/mol. The molecule has 13 rings (SSSR count). The van der Waals surface area contributed by atoms with Crippen LogP contribution in [0.2, 0.25) is 0 Å². The maximum Gasteiger partial charge on any atom is 0.0566 e. The number of anilines is 1. The smallest absolute Gasteiger partial charge is 0.0566 e. The summed E-state index contributed by atoms with van der Waals surface area (Å²) >= 11 is 0. The van der Waals surface area contributed by atoms with Crippen molar-refractivity contribution in [3.8, 4) is 39.1 Å². The van der Waals surface area contributed by atoms with E-state index in [9.17, 15) is 0 Å². The highest BCUT2D eigenvalue weighted by Gasteiger charge is 2.25. The first-order valence-corrected chi connectivity index (χ1v) is 22.4. The molecule has 0 spiro atoms. The summed E-state index contributed by atoms with van der Waals surface area (Å²) in [5.41, 5.74) is 28.5. The SMILES string of the molecule is Nc1cccc2c1/C(=C\Cc1ccc3c(c1)C=CC(n1c4ccccc4c4cc(-c5ccc6c(c5)c5ccccc5n6-c5cccc(-c6ccccc6)c5)ccc41)C3)c1ccccc1-2. The second-order valence-electron chi connectivity index (χ2n) is 17.4. The van der Waals surface area contributed by atoms with Gasteiger partial charge in [0.2, 0.25) is 0 Å². The van der Waals surface area contributed by atoms with Crippen LogP contribution >= 0.6 is 0 Å². The van der Waals surface area contributed by atoms with E-state index >= 15 is 0 Å². The molecule has 9 aromatic carbocycles. The molecule has 1 atom stereocenters. The molecule has 302 valence electrons. The number of fused-ring (bicyclic) bond motifs is 10. The Bertz CT molecular complexity index is 3750. The van der Waals surface area contributed by atoms with Crippen LogP contribution in [0.4, 0.5) is 5.69 Å². The third kappa shape index (κ3) is 5.74. The van der Waals surface area contributed by atoms with Crippen molar-refractivity contribution in [3.05, 3.63) is 240 Å². The predicted molar refractivity (Wildman–Crippen MR) is 270 cm³/mol. The molecule has 1 unspecified atom stereocenters. The van der Waals surface area contributed by atoms with E-state index in [0.29, 0.717) is 0 Å². The second kappa shape index (κ2) is 14.5. The van der Waals surface area contributed by atoms with Gasteiger partial charge in [0.05, 0.1) is 17.1 Å². The highest BCUT2D eigenvalue weighted by molar-refractivity contribution is 6.12. The van der Waals surface area contributed by atoms with Gasteiger partial charge in [-0.25, -0.2) is 0 Å². The number of rotatable bonds is 6. The molecule has 0 saturated heterocycles. The van der Waals surface area contributed by atoms with Crippen molar-refractivity contribution in [2.24, 2.45) is 0 Å². The average Bonchev–Trinajstić information content (AvgIpc) is 3.99. The number of nitrogens with zero attached hydrogens (tertiary/aromatic N) is 2. The highest BCUT2D eigenvalue weighted by atomic mass is 15.0. The summed E-state index contributed by atoms with van der Waals surface area (Å²) in [6.45, 7) is 0. The summed E-state index contributed by atoms with van der Waals surface area (Å²) in [5, 5.41) is 5.08. The van der Waals surface area contributed by atoms with E-state index in [1.165, 1.54) is 105 Å². The number of nitrogen functional groups attached to an aromatic ring is 1. The minimum Gasteiger partial charge on any atom is -0.398 e. The van der Waals surface area contributed by atoms with E-state index in [1.54, 1.807) is 0 Å². The topological polar surface area (TPSA) is 35.9 Å². The lowest BCUT2D eigenvalue weighted by Crippen LogP contribution is -2.13. The van der Waals surface area contributed by atoms with E-state index in [2.05, 4.69) is 221 Å². The lowest BCUT2D eigenvalue weighted by Gasteiger charge is -2.23. The van der Waals surface area contributed by atoms with Gasteiger partial charge >= 0.3 is 0 Å². The lowest BCUT2D eigenvalue weighted by molar-refractivity contribution is 0.635. The second-order valence-corrected chi connectivity index (χ2v) is 17.4. The fourth-order valence-electron chi connectivity index (χ4n) is 10.8. The largest absolute Gasteiger partial charge is 0.398 e. The standard InChI is InChI=1S/C61H43N3/c62-56-21-11-20-52-48-16-4-5-17-49(48)53(61(52)56)31-25-39-24-26-43-36-47(30-27-42(43)34-39)64-58-23-9-7-19-51(58)55-38-45(29-33-60(55)64)44-28-32-59-54(37-44)50-18-6-8-22-57(50)63(59)46-15-10-14-41(35-46)40-12-2-1-3-13-40/h1-24,26-35,37-38,47H,25,36,62H2/b53-31-. The van der Waals surface area contributed by atoms with E-state index in [4.69, 9.17) is 5.73 Å². The molecule has 3 heteroatoms. The van der Waals surface area contributed by atoms with Crippen LogP contribution in [0.25, 0.3) is 94.3 Å². The fraction of sp³-hybridized carbons (Fsp3) is 0.0492. The number of para-hydroxylation sites is 2. The molecule has 2 aliphatic carbocycles. The maximum absolute atomic E-state index is 6.57. The first-order valence-electron chi connectivity index (χ1n) is 22.4. The molecular formula is C61H43N3. The molecule has 2 aliphatic rings. The van der Waals surface area contributed by atoms with Gasteiger partial charge in [-0.05, 0) is 129 Å². The van der Waals surface area contributed by atoms with E-state index < -0.39 is 0 Å². The van der Waals surface area contributed by atoms with Crippen LogP contribution in [0, 0.1) is 0 Å². The summed E-state index contributed by atoms with van der Waals surface area (Å²) in [6, 6.07) is 73.5. The summed E-state index contributed by atoms with van der Waals surface area (Å²) in [5.74, 6) is 0. The van der Waals surface area contributed by atoms with Crippen LogP contribution < -0.4 is 5.73 Å². The molecule has 3 nitrogen and oxygen atoms in total. The lowest BCUT2D eigenvalue weighted by atomic mass is 9.91. The Balaban J connectivity index is 0.835. The van der Waals surface area contributed by atoms with Crippen molar-refractivity contribution in [2.45, 2.75) is 18.9 Å². The molecule has 0 saturated carbocycles. The van der Waals surface area contributed by atoms with Crippen LogP contribution in [0.5, 0.6) is 0 Å². The van der Waals surface area contributed by atoms with Crippen molar-refractivity contribution in [2.75, 3.05) is 5.73 Å². The Morgan fingerprint density at radius 2 is 1.11 bits per heavy atom. The van der Waals surface area contributed by atoms with E-state index in [-0.39, 0.29) is 6.04 Å². The number of benzene rings is 9. The number of hydrogen-bond acceptors (Lipinski definition) is 1. The quantitative estimate of drug-likeness (QED) is 0.167. The normalized spacial score (nSPS) is 14.8. The predicted octanol–water partition coefficient (Wildman–Crippen LogP) is 15.3. The minimum atomic E-state index is 0.200. The Labute approximate surface area is 372 Å². The van der Waals surface area contributed by atoms with Crippen LogP contribution in [0.1, 0.15) is 33.9 Å². The first-order chi connectivity index (χ1) is 31.6. The molecule has 11 aromatic rings. The van der Waals surface area contributed by atoms with Crippen molar-refractivity contribution in [1.29, 1.82) is 0 Å². The van der Waals surface area contributed by atoms with Gasteiger partial charge in [0, 0.05) is 49.5 Å². The monoisotopic (exact) mass is 817 g/mol. The van der Waals surface area contributed by atoms with Gasteiger partial charge in [-0.1, -0.05) is 164 Å². The molecule has 2 aromatic heterocycles. The Hall–Kier alpha value is -8.14. The zero-order chi connectivity index (χ0) is 42.3. The molecule has 0 radical (unpaired) electrons. The maximum atomic E-state index is 6.57. The Morgan fingerprint density at radius 1 is 0.484 bits per heavy atom.